The fourth-order valence-electron chi connectivity index (χ4n) is 5.06. The highest BCUT2D eigenvalue weighted by Crippen LogP contribution is 2.57. The highest BCUT2D eigenvalue weighted by molar-refractivity contribution is 5.89. The molecule has 3 atom stereocenters. The molecule has 0 bridgehead atoms. The zero-order chi connectivity index (χ0) is 18.5. The molecule has 4 heteroatoms. The fraction of sp³-hybridized carbons (Fsp3) is 0.455. The molecule has 26 heavy (non-hydrogen) atoms. The number of esters is 2. The molecule has 1 saturated carbocycles. The highest BCUT2D eigenvalue weighted by Gasteiger charge is 2.51. The summed E-state index contributed by atoms with van der Waals surface area (Å²) in [6, 6.07) is 10.2. The van der Waals surface area contributed by atoms with Crippen LogP contribution in [-0.2, 0) is 20.7 Å². The lowest BCUT2D eigenvalue weighted by Gasteiger charge is -2.41. The van der Waals surface area contributed by atoms with Crippen LogP contribution in [0.3, 0.4) is 0 Å². The van der Waals surface area contributed by atoms with Crippen LogP contribution in [0, 0.1) is 5.41 Å². The maximum Gasteiger partial charge on any atom is 0.308 e. The molecule has 4 rings (SSSR count). The summed E-state index contributed by atoms with van der Waals surface area (Å²) < 4.78 is 10.9. The van der Waals surface area contributed by atoms with Crippen LogP contribution >= 0.6 is 0 Å². The van der Waals surface area contributed by atoms with Gasteiger partial charge in [0.15, 0.2) is 0 Å². The van der Waals surface area contributed by atoms with E-state index in [1.807, 2.05) is 12.1 Å². The lowest BCUT2D eigenvalue weighted by atomic mass is 9.65. The van der Waals surface area contributed by atoms with Crippen LogP contribution in [0.1, 0.15) is 57.1 Å². The number of carbonyl (C=O) groups is 2. The van der Waals surface area contributed by atoms with E-state index >= 15 is 0 Å². The molecule has 0 radical (unpaired) electrons. The highest BCUT2D eigenvalue weighted by atomic mass is 16.5. The van der Waals surface area contributed by atoms with E-state index in [4.69, 9.17) is 9.47 Å². The summed E-state index contributed by atoms with van der Waals surface area (Å²) in [4.78, 5) is 22.7. The van der Waals surface area contributed by atoms with E-state index in [-0.39, 0.29) is 23.5 Å². The van der Waals surface area contributed by atoms with Crippen molar-refractivity contribution in [2.24, 2.45) is 5.41 Å². The van der Waals surface area contributed by atoms with Crippen LogP contribution < -0.4 is 4.74 Å². The second-order valence-corrected chi connectivity index (χ2v) is 7.84. The Hall–Kier alpha value is -2.36. The van der Waals surface area contributed by atoms with Gasteiger partial charge >= 0.3 is 11.9 Å². The molecule has 1 fully saturated rings. The van der Waals surface area contributed by atoms with Crippen molar-refractivity contribution in [3.8, 4) is 5.75 Å². The molecular weight excluding hydrogens is 328 g/mol. The minimum absolute atomic E-state index is 0.0141. The van der Waals surface area contributed by atoms with Gasteiger partial charge in [0.05, 0.1) is 0 Å². The molecule has 0 saturated heterocycles. The largest absolute Gasteiger partial charge is 0.462 e. The summed E-state index contributed by atoms with van der Waals surface area (Å²) in [5.74, 6) is 0.522. The average Bonchev–Trinajstić information content (AvgIpc) is 2.90. The van der Waals surface area contributed by atoms with E-state index in [2.05, 4.69) is 25.1 Å². The van der Waals surface area contributed by atoms with E-state index in [9.17, 15) is 9.59 Å². The van der Waals surface area contributed by atoms with Crippen molar-refractivity contribution >= 4 is 22.7 Å². The maximum atomic E-state index is 11.5. The quantitative estimate of drug-likeness (QED) is 0.589. The molecule has 0 aromatic heterocycles. The Balaban J connectivity index is 1.73. The van der Waals surface area contributed by atoms with Gasteiger partial charge in [0.25, 0.3) is 0 Å². The topological polar surface area (TPSA) is 52.6 Å². The van der Waals surface area contributed by atoms with Crippen LogP contribution in [0.4, 0.5) is 0 Å². The maximum absolute atomic E-state index is 11.5. The summed E-state index contributed by atoms with van der Waals surface area (Å²) in [7, 11) is 0. The first-order valence-corrected chi connectivity index (χ1v) is 9.29. The molecular formula is C22H24O4. The van der Waals surface area contributed by atoms with Crippen LogP contribution in [0.2, 0.25) is 0 Å². The number of carbonyl (C=O) groups excluding carboxylic acids is 2. The summed E-state index contributed by atoms with van der Waals surface area (Å²) in [5, 5.41) is 2.33. The SMILES string of the molecule is CC(=O)Oc1ccc2c3c(ccc2c1)[C@@H]1CCC(OC(C)=O)[C@@]1(C)CC3. The molecule has 2 aromatic carbocycles. The predicted octanol–water partition coefficient (Wildman–Crippen LogP) is 4.53. The van der Waals surface area contributed by atoms with Crippen LogP contribution in [0.25, 0.3) is 10.8 Å². The molecule has 0 spiro atoms. The molecule has 4 nitrogen and oxygen atoms in total. The lowest BCUT2D eigenvalue weighted by Crippen LogP contribution is -2.37. The van der Waals surface area contributed by atoms with Crippen molar-refractivity contribution in [3.63, 3.8) is 0 Å². The minimum Gasteiger partial charge on any atom is -0.462 e. The van der Waals surface area contributed by atoms with Gasteiger partial charge < -0.3 is 9.47 Å². The van der Waals surface area contributed by atoms with E-state index < -0.39 is 0 Å². The van der Waals surface area contributed by atoms with Crippen LogP contribution in [0.5, 0.6) is 5.75 Å². The Morgan fingerprint density at radius 3 is 2.62 bits per heavy atom. The number of aryl methyl sites for hydroxylation is 1. The van der Waals surface area contributed by atoms with Crippen LogP contribution in [0.15, 0.2) is 30.3 Å². The van der Waals surface area contributed by atoms with Crippen molar-refractivity contribution in [1.82, 2.24) is 0 Å². The third kappa shape index (κ3) is 2.68. The zero-order valence-corrected chi connectivity index (χ0v) is 15.5. The number of hydrogen-bond acceptors (Lipinski definition) is 4. The Morgan fingerprint density at radius 2 is 1.88 bits per heavy atom. The summed E-state index contributed by atoms with van der Waals surface area (Å²) in [5.41, 5.74) is 2.80. The Bertz CT molecular complexity index is 900. The van der Waals surface area contributed by atoms with E-state index in [0.29, 0.717) is 11.7 Å². The van der Waals surface area contributed by atoms with Gasteiger partial charge in [0, 0.05) is 19.3 Å². The number of rotatable bonds is 2. The molecule has 1 unspecified atom stereocenters. The first-order chi connectivity index (χ1) is 12.4. The van der Waals surface area contributed by atoms with Crippen molar-refractivity contribution < 1.29 is 19.1 Å². The second-order valence-electron chi connectivity index (χ2n) is 7.84. The first-order valence-electron chi connectivity index (χ1n) is 9.29. The van der Waals surface area contributed by atoms with Gasteiger partial charge in [0.2, 0.25) is 0 Å². The van der Waals surface area contributed by atoms with E-state index in [0.717, 1.165) is 31.1 Å². The van der Waals surface area contributed by atoms with Crippen molar-refractivity contribution in [1.29, 1.82) is 0 Å². The number of fused-ring (bicyclic) bond motifs is 5. The molecule has 0 N–H and O–H groups in total. The van der Waals surface area contributed by atoms with Gasteiger partial charge in [-0.3, -0.25) is 9.59 Å². The van der Waals surface area contributed by atoms with Gasteiger partial charge in [-0.25, -0.2) is 0 Å². The number of benzene rings is 2. The number of hydrogen-bond donors (Lipinski definition) is 0. The smallest absolute Gasteiger partial charge is 0.308 e. The van der Waals surface area contributed by atoms with Crippen molar-refractivity contribution in [2.75, 3.05) is 0 Å². The Labute approximate surface area is 153 Å². The van der Waals surface area contributed by atoms with Crippen molar-refractivity contribution in [3.05, 3.63) is 41.5 Å². The van der Waals surface area contributed by atoms with Gasteiger partial charge in [-0.05, 0) is 65.6 Å². The number of ether oxygens (including phenoxy) is 2. The van der Waals surface area contributed by atoms with E-state index in [1.165, 1.54) is 30.4 Å². The summed E-state index contributed by atoms with van der Waals surface area (Å²) in [6.45, 7) is 5.19. The van der Waals surface area contributed by atoms with Gasteiger partial charge in [-0.15, -0.1) is 0 Å². The zero-order valence-electron chi connectivity index (χ0n) is 15.5. The second kappa shape index (κ2) is 6.11. The summed E-state index contributed by atoms with van der Waals surface area (Å²) >= 11 is 0. The Morgan fingerprint density at radius 1 is 1.08 bits per heavy atom. The van der Waals surface area contributed by atoms with Gasteiger partial charge in [-0.2, -0.15) is 0 Å². The normalized spacial score (nSPS) is 26.9. The molecule has 2 aliphatic carbocycles. The molecule has 0 heterocycles. The lowest BCUT2D eigenvalue weighted by molar-refractivity contribution is -0.152. The third-order valence-corrected chi connectivity index (χ3v) is 6.25. The minimum atomic E-state index is -0.305. The average molecular weight is 352 g/mol. The first kappa shape index (κ1) is 17.1. The molecule has 0 amide bonds. The molecule has 0 aliphatic heterocycles. The van der Waals surface area contributed by atoms with E-state index in [1.54, 1.807) is 0 Å². The summed E-state index contributed by atoms with van der Waals surface area (Å²) in [6.07, 6.45) is 4.00. The van der Waals surface area contributed by atoms with Crippen LogP contribution in [-0.4, -0.2) is 18.0 Å². The Kier molecular flexibility index (Phi) is 4.02. The molecule has 2 aromatic rings. The fourth-order valence-corrected chi connectivity index (χ4v) is 5.06. The van der Waals surface area contributed by atoms with Gasteiger partial charge in [0.1, 0.15) is 11.9 Å². The molecule has 136 valence electrons. The monoisotopic (exact) mass is 352 g/mol. The van der Waals surface area contributed by atoms with Gasteiger partial charge in [-0.1, -0.05) is 25.1 Å². The third-order valence-electron chi connectivity index (χ3n) is 6.25. The standard InChI is InChI=1S/C22H24O4/c1-13(23)25-16-5-7-17-15(12-16)4-6-19-18(17)10-11-22(3)20(19)8-9-21(22)26-14(2)24/h4-7,12,20-21H,8-11H2,1-3H3/t20-,21?,22-/m0/s1. The predicted molar refractivity (Wildman–Crippen MR) is 99.2 cm³/mol. The molecule has 2 aliphatic rings. The van der Waals surface area contributed by atoms with Crippen molar-refractivity contribution in [2.45, 2.75) is 58.5 Å².